The molecule has 42 heavy (non-hydrogen) atoms. The molecule has 0 spiro atoms. The monoisotopic (exact) mass is 580 g/mol. The van der Waals surface area contributed by atoms with Crippen molar-refractivity contribution >= 4 is 23.3 Å². The van der Waals surface area contributed by atoms with Crippen LogP contribution >= 0.6 is 0 Å². The summed E-state index contributed by atoms with van der Waals surface area (Å²) in [6.07, 6.45) is -0.947. The Morgan fingerprint density at radius 1 is 1.05 bits per heavy atom. The van der Waals surface area contributed by atoms with Gasteiger partial charge in [0.15, 0.2) is 23.3 Å². The maximum atomic E-state index is 12.9. The molecule has 2 heterocycles. The molecule has 2 aromatic carbocycles. The summed E-state index contributed by atoms with van der Waals surface area (Å²) >= 11 is 0. The van der Waals surface area contributed by atoms with E-state index in [9.17, 15) is 9.59 Å². The fourth-order valence-electron chi connectivity index (χ4n) is 3.92. The van der Waals surface area contributed by atoms with Crippen molar-refractivity contribution in [3.8, 4) is 40.8 Å². The molecule has 1 aromatic heterocycles. The molecule has 2 atom stereocenters. The van der Waals surface area contributed by atoms with Gasteiger partial charge in [-0.25, -0.2) is 0 Å². The molecule has 0 saturated carbocycles. The van der Waals surface area contributed by atoms with Crippen molar-refractivity contribution in [3.05, 3.63) is 47.5 Å². The second kappa shape index (κ2) is 12.6. The zero-order valence-corrected chi connectivity index (χ0v) is 24.0. The lowest BCUT2D eigenvalue weighted by Crippen LogP contribution is -2.39. The van der Waals surface area contributed by atoms with Gasteiger partial charge in [-0.15, -0.1) is 0 Å². The van der Waals surface area contributed by atoms with Crippen LogP contribution in [0.2, 0.25) is 0 Å². The van der Waals surface area contributed by atoms with Crippen LogP contribution in [0.25, 0.3) is 0 Å². The number of benzene rings is 2. The molecule has 1 aliphatic rings. The number of fused-ring (bicyclic) bond motifs is 1. The van der Waals surface area contributed by atoms with E-state index in [4.69, 9.17) is 39.6 Å². The Morgan fingerprint density at radius 2 is 1.79 bits per heavy atom. The molecule has 2 unspecified atom stereocenters. The highest BCUT2D eigenvalue weighted by atomic mass is 16.5. The van der Waals surface area contributed by atoms with Crippen LogP contribution in [0.4, 0.5) is 5.69 Å². The summed E-state index contributed by atoms with van der Waals surface area (Å²) in [4.78, 5) is 35.8. The topological polar surface area (TPSA) is 180 Å². The average molecular weight is 581 g/mol. The fraction of sp³-hybridized carbons (Fsp3) is 0.321. The number of ether oxygens (including phenoxy) is 6. The number of amidine groups is 1. The number of nitrogens with two attached hydrogens (primary N) is 1. The minimum atomic E-state index is -0.917. The fourth-order valence-corrected chi connectivity index (χ4v) is 3.92. The number of carbonyl (C=O) groups is 2. The van der Waals surface area contributed by atoms with E-state index in [1.54, 1.807) is 45.3 Å². The molecule has 14 nitrogen and oxygen atoms in total. The number of aromatic nitrogens is 2. The van der Waals surface area contributed by atoms with E-state index < -0.39 is 12.0 Å². The molecule has 14 heteroatoms. The Kier molecular flexibility index (Phi) is 8.96. The average Bonchev–Trinajstić information content (AvgIpc) is 2.97. The second-order valence-corrected chi connectivity index (χ2v) is 9.45. The van der Waals surface area contributed by atoms with Crippen LogP contribution < -0.4 is 34.7 Å². The van der Waals surface area contributed by atoms with E-state index in [1.165, 1.54) is 38.4 Å². The van der Waals surface area contributed by atoms with Crippen molar-refractivity contribution in [2.24, 2.45) is 5.73 Å². The van der Waals surface area contributed by atoms with E-state index in [-0.39, 0.29) is 59.2 Å². The number of carbonyl (C=O) groups excluding carboxylic acids is 2. The van der Waals surface area contributed by atoms with Gasteiger partial charge in [0.1, 0.15) is 17.3 Å². The van der Waals surface area contributed by atoms with E-state index in [0.29, 0.717) is 22.6 Å². The molecule has 0 aliphatic carbocycles. The third kappa shape index (κ3) is 6.61. The Labute approximate surface area is 242 Å². The van der Waals surface area contributed by atoms with Crippen molar-refractivity contribution in [3.63, 3.8) is 0 Å². The standard InChI is InChI=1S/C28H32N6O8/c1-14(37-4)9-21-24(35)31-22-25(40-18-11-16(27(36)34(2)3)10-17(13-18)38-5)32-28(33-26(22)41-21)42-20-12-15(23(29)30)7-8-19(20)39-6/h7-8,10-14,21H,9H2,1-6H3,(H3,29,30)(H,31,35). The summed E-state index contributed by atoms with van der Waals surface area (Å²) in [6, 6.07) is 9.09. The van der Waals surface area contributed by atoms with Gasteiger partial charge in [-0.1, -0.05) is 0 Å². The number of hydrogen-bond donors (Lipinski definition) is 3. The molecule has 0 saturated heterocycles. The molecule has 4 N–H and O–H groups in total. The van der Waals surface area contributed by atoms with Gasteiger partial charge in [0.2, 0.25) is 5.88 Å². The van der Waals surface area contributed by atoms with Crippen molar-refractivity contribution in [1.29, 1.82) is 5.41 Å². The van der Waals surface area contributed by atoms with Crippen LogP contribution in [-0.4, -0.2) is 80.2 Å². The van der Waals surface area contributed by atoms with Crippen LogP contribution in [0.5, 0.6) is 40.8 Å². The lowest BCUT2D eigenvalue weighted by atomic mass is 10.1. The molecule has 0 bridgehead atoms. The lowest BCUT2D eigenvalue weighted by molar-refractivity contribution is -0.125. The minimum absolute atomic E-state index is 0.0166. The first-order chi connectivity index (χ1) is 20.0. The molecule has 4 rings (SSSR count). The largest absolute Gasteiger partial charge is 0.497 e. The predicted molar refractivity (Wildman–Crippen MR) is 151 cm³/mol. The van der Waals surface area contributed by atoms with Gasteiger partial charge in [-0.3, -0.25) is 15.0 Å². The smallest absolute Gasteiger partial charge is 0.328 e. The molecular weight excluding hydrogens is 548 g/mol. The number of anilines is 1. The lowest BCUT2D eigenvalue weighted by Gasteiger charge is -2.27. The van der Waals surface area contributed by atoms with Gasteiger partial charge in [0, 0.05) is 44.8 Å². The first-order valence-corrected chi connectivity index (χ1v) is 12.7. The van der Waals surface area contributed by atoms with Crippen molar-refractivity contribution < 1.29 is 38.0 Å². The maximum absolute atomic E-state index is 12.9. The summed E-state index contributed by atoms with van der Waals surface area (Å²) in [5.74, 6) is -0.0129. The van der Waals surface area contributed by atoms with Crippen molar-refractivity contribution in [2.75, 3.05) is 40.7 Å². The first-order valence-electron chi connectivity index (χ1n) is 12.7. The normalized spacial score (nSPS) is 14.5. The number of nitrogens with zero attached hydrogens (tertiary/aromatic N) is 3. The third-order valence-electron chi connectivity index (χ3n) is 6.22. The van der Waals surface area contributed by atoms with Gasteiger partial charge in [-0.05, 0) is 37.3 Å². The summed E-state index contributed by atoms with van der Waals surface area (Å²) in [7, 11) is 7.68. The Balaban J connectivity index is 1.80. The highest BCUT2D eigenvalue weighted by molar-refractivity contribution is 5.99. The van der Waals surface area contributed by atoms with Gasteiger partial charge >= 0.3 is 6.01 Å². The van der Waals surface area contributed by atoms with Crippen molar-refractivity contribution in [2.45, 2.75) is 25.6 Å². The number of methoxy groups -OCH3 is 3. The summed E-state index contributed by atoms with van der Waals surface area (Å²) in [5, 5.41) is 10.5. The number of nitrogens with one attached hydrogen (secondary N) is 2. The number of nitrogen functional groups attached to an aromatic ring is 1. The molecule has 222 valence electrons. The van der Waals surface area contributed by atoms with Crippen LogP contribution in [0.1, 0.15) is 29.3 Å². The second-order valence-electron chi connectivity index (χ2n) is 9.45. The quantitative estimate of drug-likeness (QED) is 0.224. The van der Waals surface area contributed by atoms with E-state index in [2.05, 4.69) is 15.3 Å². The summed E-state index contributed by atoms with van der Waals surface area (Å²) < 4.78 is 34.0. The SMILES string of the molecule is COc1cc(Oc2nc(Oc3cc(C(=N)N)ccc3OC)nc3c2NC(=O)C(CC(C)OC)O3)cc(C(=O)N(C)C)c1. The zero-order valence-electron chi connectivity index (χ0n) is 24.0. The van der Waals surface area contributed by atoms with Gasteiger partial charge < -0.3 is 44.4 Å². The molecule has 3 aromatic rings. The molecular formula is C28H32N6O8. The zero-order chi connectivity index (χ0) is 30.6. The predicted octanol–water partition coefficient (Wildman–Crippen LogP) is 3.19. The Bertz CT molecular complexity index is 1510. The molecule has 0 radical (unpaired) electrons. The van der Waals surface area contributed by atoms with Crippen LogP contribution in [0.3, 0.4) is 0 Å². The number of amides is 2. The maximum Gasteiger partial charge on any atom is 0.328 e. The Morgan fingerprint density at radius 3 is 2.43 bits per heavy atom. The third-order valence-corrected chi connectivity index (χ3v) is 6.22. The minimum Gasteiger partial charge on any atom is -0.497 e. The molecule has 1 aliphatic heterocycles. The van der Waals surface area contributed by atoms with Crippen LogP contribution in [0.15, 0.2) is 36.4 Å². The van der Waals surface area contributed by atoms with Crippen LogP contribution in [0, 0.1) is 5.41 Å². The highest BCUT2D eigenvalue weighted by Gasteiger charge is 2.34. The molecule has 0 fully saturated rings. The number of hydrogen-bond acceptors (Lipinski definition) is 11. The van der Waals surface area contributed by atoms with Gasteiger partial charge in [0.25, 0.3) is 17.7 Å². The van der Waals surface area contributed by atoms with Crippen molar-refractivity contribution in [1.82, 2.24) is 14.9 Å². The Hall–Kier alpha value is -5.11. The van der Waals surface area contributed by atoms with E-state index in [0.717, 1.165) is 0 Å². The van der Waals surface area contributed by atoms with E-state index >= 15 is 0 Å². The first kappa shape index (κ1) is 29.9. The number of rotatable bonds is 11. The van der Waals surface area contributed by atoms with Gasteiger partial charge in [0.05, 0.1) is 20.3 Å². The van der Waals surface area contributed by atoms with Crippen LogP contribution in [-0.2, 0) is 9.53 Å². The summed E-state index contributed by atoms with van der Waals surface area (Å²) in [5.41, 5.74) is 6.39. The summed E-state index contributed by atoms with van der Waals surface area (Å²) in [6.45, 7) is 1.80. The van der Waals surface area contributed by atoms with Gasteiger partial charge in [-0.2, -0.15) is 9.97 Å². The molecule has 2 amide bonds. The highest BCUT2D eigenvalue weighted by Crippen LogP contribution is 2.42. The van der Waals surface area contributed by atoms with E-state index in [1.807, 2.05) is 0 Å².